The van der Waals surface area contributed by atoms with E-state index in [1.807, 2.05) is 0 Å². The lowest BCUT2D eigenvalue weighted by Gasteiger charge is -2.13. The second-order valence-electron chi connectivity index (χ2n) is 3.81. The first-order chi connectivity index (χ1) is 9.00. The van der Waals surface area contributed by atoms with Crippen LogP contribution in [0.4, 0.5) is 0 Å². The number of nitrogens with zero attached hydrogens (tertiary/aromatic N) is 1. The fourth-order valence-corrected chi connectivity index (χ4v) is 2.71. The van der Waals surface area contributed by atoms with Gasteiger partial charge in [0.15, 0.2) is 5.03 Å². The van der Waals surface area contributed by atoms with Gasteiger partial charge in [0.05, 0.1) is 18.6 Å². The maximum atomic E-state index is 11.8. The first-order valence-electron chi connectivity index (χ1n) is 5.41. The van der Waals surface area contributed by atoms with Gasteiger partial charge in [-0.05, 0) is 6.07 Å². The van der Waals surface area contributed by atoms with Crippen LogP contribution in [0.2, 0.25) is 5.02 Å². The van der Waals surface area contributed by atoms with Crippen molar-refractivity contribution in [2.75, 3.05) is 6.54 Å². The molecule has 0 saturated carbocycles. The third-order valence-electron chi connectivity index (χ3n) is 2.49. The summed E-state index contributed by atoms with van der Waals surface area (Å²) < 4.78 is 25.9. The Labute approximate surface area is 115 Å². The summed E-state index contributed by atoms with van der Waals surface area (Å²) in [5.74, 6) is 0. The van der Waals surface area contributed by atoms with Crippen molar-refractivity contribution in [1.82, 2.24) is 14.7 Å². The first-order valence-corrected chi connectivity index (χ1v) is 7.27. The SMILES string of the molecule is O=S(=O)(NCC(O)c1ccccc1Cl)c1cnc[nH]1. The summed E-state index contributed by atoms with van der Waals surface area (Å²) in [6, 6.07) is 6.71. The normalized spacial score (nSPS) is 13.4. The van der Waals surface area contributed by atoms with E-state index in [0.29, 0.717) is 10.6 Å². The molecule has 3 N–H and O–H groups in total. The minimum atomic E-state index is -3.70. The largest absolute Gasteiger partial charge is 0.387 e. The van der Waals surface area contributed by atoms with Crippen LogP contribution in [0.25, 0.3) is 0 Å². The average Bonchev–Trinajstić information content (AvgIpc) is 2.91. The zero-order valence-electron chi connectivity index (χ0n) is 9.75. The van der Waals surface area contributed by atoms with E-state index in [9.17, 15) is 13.5 Å². The second kappa shape index (κ2) is 5.70. The molecule has 0 aliphatic carbocycles. The molecule has 2 rings (SSSR count). The number of hydrogen-bond acceptors (Lipinski definition) is 4. The topological polar surface area (TPSA) is 95.1 Å². The number of benzene rings is 1. The van der Waals surface area contributed by atoms with E-state index in [2.05, 4.69) is 14.7 Å². The maximum Gasteiger partial charge on any atom is 0.257 e. The van der Waals surface area contributed by atoms with Crippen LogP contribution in [0, 0.1) is 0 Å². The van der Waals surface area contributed by atoms with Gasteiger partial charge in [0.25, 0.3) is 10.0 Å². The van der Waals surface area contributed by atoms with Crippen LogP contribution >= 0.6 is 11.6 Å². The number of rotatable bonds is 5. The van der Waals surface area contributed by atoms with Gasteiger partial charge in [-0.3, -0.25) is 0 Å². The smallest absolute Gasteiger partial charge is 0.257 e. The summed E-state index contributed by atoms with van der Waals surface area (Å²) in [5, 5.41) is 10.3. The Bertz CT molecular complexity index is 643. The van der Waals surface area contributed by atoms with Gasteiger partial charge >= 0.3 is 0 Å². The van der Waals surface area contributed by atoms with Gasteiger partial charge in [-0.1, -0.05) is 29.8 Å². The van der Waals surface area contributed by atoms with Gasteiger partial charge in [0, 0.05) is 17.1 Å². The first kappa shape index (κ1) is 14.0. The number of halogens is 1. The highest BCUT2D eigenvalue weighted by Gasteiger charge is 2.18. The van der Waals surface area contributed by atoms with Gasteiger partial charge < -0.3 is 10.1 Å². The molecule has 0 spiro atoms. The number of aliphatic hydroxyl groups excluding tert-OH is 1. The molecular formula is C11H12ClN3O3S. The van der Waals surface area contributed by atoms with E-state index in [1.165, 1.54) is 12.5 Å². The van der Waals surface area contributed by atoms with Crippen molar-refractivity contribution in [2.24, 2.45) is 0 Å². The van der Waals surface area contributed by atoms with Gasteiger partial charge in [-0.25, -0.2) is 18.1 Å². The minimum absolute atomic E-state index is 0.0566. The Hall–Kier alpha value is -1.41. The van der Waals surface area contributed by atoms with Crippen LogP contribution in [0.15, 0.2) is 41.8 Å². The molecule has 1 unspecified atom stereocenters. The lowest BCUT2D eigenvalue weighted by Crippen LogP contribution is -2.28. The lowest BCUT2D eigenvalue weighted by atomic mass is 10.1. The van der Waals surface area contributed by atoms with E-state index >= 15 is 0 Å². The number of sulfonamides is 1. The predicted molar refractivity (Wildman–Crippen MR) is 70.2 cm³/mol. The molecule has 6 nitrogen and oxygen atoms in total. The molecule has 2 aromatic rings. The number of aromatic nitrogens is 2. The third-order valence-corrected chi connectivity index (χ3v) is 4.19. The molecule has 0 aliphatic heterocycles. The number of hydrogen-bond donors (Lipinski definition) is 3. The summed E-state index contributed by atoms with van der Waals surface area (Å²) in [4.78, 5) is 6.11. The zero-order valence-corrected chi connectivity index (χ0v) is 11.3. The molecule has 1 heterocycles. The molecule has 1 aromatic carbocycles. The van der Waals surface area contributed by atoms with Crippen LogP contribution in [0.5, 0.6) is 0 Å². The van der Waals surface area contributed by atoms with Gasteiger partial charge in [0.1, 0.15) is 0 Å². The molecular weight excluding hydrogens is 290 g/mol. The second-order valence-corrected chi connectivity index (χ2v) is 5.95. The summed E-state index contributed by atoms with van der Waals surface area (Å²) in [5.41, 5.74) is 0.469. The molecule has 0 fully saturated rings. The minimum Gasteiger partial charge on any atom is -0.387 e. The third kappa shape index (κ3) is 3.32. The highest BCUT2D eigenvalue weighted by atomic mass is 35.5. The molecule has 19 heavy (non-hydrogen) atoms. The van der Waals surface area contributed by atoms with Crippen LogP contribution < -0.4 is 4.72 Å². The van der Waals surface area contributed by atoms with Crippen LogP contribution in [0.1, 0.15) is 11.7 Å². The summed E-state index contributed by atoms with van der Waals surface area (Å²) in [7, 11) is -3.70. The maximum absolute atomic E-state index is 11.8. The highest BCUT2D eigenvalue weighted by Crippen LogP contribution is 2.22. The Kier molecular flexibility index (Phi) is 4.20. The van der Waals surface area contributed by atoms with Crippen LogP contribution in [-0.2, 0) is 10.0 Å². The zero-order chi connectivity index (χ0) is 13.9. The number of imidazole rings is 1. The van der Waals surface area contributed by atoms with E-state index in [4.69, 9.17) is 11.6 Å². The molecule has 0 aliphatic rings. The Morgan fingerprint density at radius 2 is 2.16 bits per heavy atom. The molecule has 0 amide bonds. The summed E-state index contributed by atoms with van der Waals surface area (Å²) in [6.07, 6.45) is 1.43. The average molecular weight is 302 g/mol. The van der Waals surface area contributed by atoms with Crippen LogP contribution in [0.3, 0.4) is 0 Å². The Balaban J connectivity index is 2.06. The van der Waals surface area contributed by atoms with E-state index in [-0.39, 0.29) is 11.6 Å². The van der Waals surface area contributed by atoms with Crippen molar-refractivity contribution in [2.45, 2.75) is 11.1 Å². The number of aromatic amines is 1. The van der Waals surface area contributed by atoms with Crippen molar-refractivity contribution in [3.63, 3.8) is 0 Å². The summed E-state index contributed by atoms with van der Waals surface area (Å²) in [6.45, 7) is -0.176. The van der Waals surface area contributed by atoms with Crippen molar-refractivity contribution in [1.29, 1.82) is 0 Å². The number of H-pyrrole nitrogens is 1. The molecule has 102 valence electrons. The van der Waals surface area contributed by atoms with E-state index < -0.39 is 16.1 Å². The summed E-state index contributed by atoms with van der Waals surface area (Å²) >= 11 is 5.92. The van der Waals surface area contributed by atoms with Crippen molar-refractivity contribution in [3.8, 4) is 0 Å². The Morgan fingerprint density at radius 3 is 2.79 bits per heavy atom. The van der Waals surface area contributed by atoms with E-state index in [0.717, 1.165) is 0 Å². The lowest BCUT2D eigenvalue weighted by molar-refractivity contribution is 0.182. The molecule has 0 saturated heterocycles. The highest BCUT2D eigenvalue weighted by molar-refractivity contribution is 7.89. The molecule has 1 atom stereocenters. The van der Waals surface area contributed by atoms with Crippen molar-refractivity contribution in [3.05, 3.63) is 47.4 Å². The molecule has 0 radical (unpaired) electrons. The number of nitrogens with one attached hydrogen (secondary N) is 2. The molecule has 8 heteroatoms. The molecule has 1 aromatic heterocycles. The fraction of sp³-hybridized carbons (Fsp3) is 0.182. The standard InChI is InChI=1S/C11H12ClN3O3S/c12-9-4-2-1-3-8(9)10(16)5-15-19(17,18)11-6-13-7-14-11/h1-4,6-7,10,15-16H,5H2,(H,13,14). The van der Waals surface area contributed by atoms with Gasteiger partial charge in [-0.2, -0.15) is 0 Å². The molecule has 0 bridgehead atoms. The van der Waals surface area contributed by atoms with Crippen LogP contribution in [-0.4, -0.2) is 30.0 Å². The van der Waals surface area contributed by atoms with E-state index in [1.54, 1.807) is 24.3 Å². The predicted octanol–water partition coefficient (Wildman–Crippen LogP) is 1.07. The quantitative estimate of drug-likeness (QED) is 0.770. The monoisotopic (exact) mass is 301 g/mol. The fourth-order valence-electron chi connectivity index (χ4n) is 1.51. The van der Waals surface area contributed by atoms with Crippen molar-refractivity contribution >= 4 is 21.6 Å². The Morgan fingerprint density at radius 1 is 1.42 bits per heavy atom. The number of aliphatic hydroxyl groups is 1. The van der Waals surface area contributed by atoms with Gasteiger partial charge in [-0.15, -0.1) is 0 Å². The van der Waals surface area contributed by atoms with Crippen molar-refractivity contribution < 1.29 is 13.5 Å². The van der Waals surface area contributed by atoms with Gasteiger partial charge in [0.2, 0.25) is 0 Å².